The fraction of sp³-hybridized carbons (Fsp3) is 0.583. The van der Waals surface area contributed by atoms with Gasteiger partial charge in [-0.1, -0.05) is 12.8 Å². The smallest absolute Gasteiger partial charge is 0.342 e. The lowest BCUT2D eigenvalue weighted by Gasteiger charge is -2.27. The van der Waals surface area contributed by atoms with Crippen molar-refractivity contribution in [2.45, 2.75) is 37.0 Å². The first-order valence-electron chi connectivity index (χ1n) is 6.10. The molecule has 6 nitrogen and oxygen atoms in total. The summed E-state index contributed by atoms with van der Waals surface area (Å²) in [6.45, 7) is 0.435. The highest BCUT2D eigenvalue weighted by molar-refractivity contribution is 8.00. The van der Waals surface area contributed by atoms with Crippen LogP contribution in [-0.2, 0) is 6.54 Å². The van der Waals surface area contributed by atoms with Crippen molar-refractivity contribution in [3.05, 3.63) is 32.6 Å². The van der Waals surface area contributed by atoms with Crippen LogP contribution in [0.2, 0.25) is 0 Å². The first-order chi connectivity index (χ1) is 8.97. The number of nitrogens with zero attached hydrogens (tertiary/aromatic N) is 1. The van der Waals surface area contributed by atoms with Crippen molar-refractivity contribution < 1.29 is 9.90 Å². The van der Waals surface area contributed by atoms with E-state index in [2.05, 4.69) is 4.98 Å². The molecule has 2 rings (SSSR count). The van der Waals surface area contributed by atoms with E-state index in [4.69, 9.17) is 5.11 Å². The van der Waals surface area contributed by atoms with E-state index in [9.17, 15) is 14.4 Å². The Kier molecular flexibility index (Phi) is 3.84. The summed E-state index contributed by atoms with van der Waals surface area (Å²) in [4.78, 5) is 36.1. The van der Waals surface area contributed by atoms with Gasteiger partial charge < -0.3 is 5.11 Å². The number of carboxylic acids is 1. The molecule has 0 amide bonds. The lowest BCUT2D eigenvalue weighted by Crippen LogP contribution is -2.38. The molecule has 1 aliphatic rings. The number of aromatic nitrogens is 2. The highest BCUT2D eigenvalue weighted by atomic mass is 32.2. The van der Waals surface area contributed by atoms with Gasteiger partial charge in [0.25, 0.3) is 5.56 Å². The summed E-state index contributed by atoms with van der Waals surface area (Å²) in [5, 5.41) is 8.92. The van der Waals surface area contributed by atoms with Crippen LogP contribution in [0.4, 0.5) is 0 Å². The number of thioether (sulfide) groups is 1. The number of rotatable bonds is 4. The molecule has 1 aromatic rings. The third kappa shape index (κ3) is 2.75. The summed E-state index contributed by atoms with van der Waals surface area (Å²) >= 11 is 1.70. The summed E-state index contributed by atoms with van der Waals surface area (Å²) in [5.41, 5.74) is -1.79. The number of carboxylic acid groups (broad SMARTS) is 1. The quantitative estimate of drug-likeness (QED) is 0.857. The standard InChI is InChI=1S/C12H16N2O4S/c1-19-12(4-2-3-5-12)7-14-6-8(10(16)17)9(15)13-11(14)18/h6H,2-5,7H2,1H3,(H,16,17)(H,13,15,18). The van der Waals surface area contributed by atoms with Crippen molar-refractivity contribution in [2.75, 3.05) is 6.26 Å². The molecule has 0 saturated heterocycles. The minimum absolute atomic E-state index is 0.0299. The summed E-state index contributed by atoms with van der Waals surface area (Å²) in [6.07, 6.45) is 7.39. The highest BCUT2D eigenvalue weighted by Gasteiger charge is 2.33. The molecule has 0 radical (unpaired) electrons. The third-order valence-electron chi connectivity index (χ3n) is 3.65. The Morgan fingerprint density at radius 3 is 2.63 bits per heavy atom. The van der Waals surface area contributed by atoms with E-state index in [-0.39, 0.29) is 4.75 Å². The fourth-order valence-corrected chi connectivity index (χ4v) is 3.50. The summed E-state index contributed by atoms with van der Waals surface area (Å²) in [5.74, 6) is -1.32. The molecule has 7 heteroatoms. The molecule has 0 bridgehead atoms. The van der Waals surface area contributed by atoms with Crippen LogP contribution >= 0.6 is 11.8 Å². The molecule has 0 aliphatic heterocycles. The lowest BCUT2D eigenvalue weighted by atomic mass is 10.1. The minimum Gasteiger partial charge on any atom is -0.477 e. The number of hydrogen-bond donors (Lipinski definition) is 2. The Hall–Kier alpha value is -1.50. The fourth-order valence-electron chi connectivity index (χ4n) is 2.54. The predicted octanol–water partition coefficient (Wildman–Crippen LogP) is 0.911. The van der Waals surface area contributed by atoms with Gasteiger partial charge in [0.15, 0.2) is 0 Å². The van der Waals surface area contributed by atoms with Gasteiger partial charge in [-0.2, -0.15) is 11.8 Å². The molecule has 2 N–H and O–H groups in total. The molecule has 0 unspecified atom stereocenters. The zero-order valence-electron chi connectivity index (χ0n) is 10.6. The van der Waals surface area contributed by atoms with E-state index in [1.165, 1.54) is 4.57 Å². The van der Waals surface area contributed by atoms with E-state index in [0.717, 1.165) is 31.9 Å². The maximum Gasteiger partial charge on any atom is 0.342 e. The van der Waals surface area contributed by atoms with Gasteiger partial charge in [0.2, 0.25) is 0 Å². The molecular weight excluding hydrogens is 268 g/mol. The number of H-pyrrole nitrogens is 1. The molecule has 0 atom stereocenters. The average Bonchev–Trinajstić information content (AvgIpc) is 2.81. The largest absolute Gasteiger partial charge is 0.477 e. The topological polar surface area (TPSA) is 92.2 Å². The normalized spacial score (nSPS) is 17.5. The van der Waals surface area contributed by atoms with E-state index < -0.39 is 22.8 Å². The molecule has 19 heavy (non-hydrogen) atoms. The molecule has 1 aliphatic carbocycles. The highest BCUT2D eigenvalue weighted by Crippen LogP contribution is 2.41. The van der Waals surface area contributed by atoms with Gasteiger partial charge in [-0.05, 0) is 19.1 Å². The van der Waals surface area contributed by atoms with E-state index in [1.54, 1.807) is 11.8 Å². The van der Waals surface area contributed by atoms with Gasteiger partial charge in [0, 0.05) is 17.5 Å². The first-order valence-corrected chi connectivity index (χ1v) is 7.32. The van der Waals surface area contributed by atoms with Crippen LogP contribution in [0.15, 0.2) is 15.8 Å². The maximum absolute atomic E-state index is 11.8. The maximum atomic E-state index is 11.8. The second-order valence-corrected chi connectivity index (χ2v) is 6.10. The average molecular weight is 284 g/mol. The van der Waals surface area contributed by atoms with Crippen molar-refractivity contribution >= 4 is 17.7 Å². The van der Waals surface area contributed by atoms with Crippen LogP contribution in [0.5, 0.6) is 0 Å². The van der Waals surface area contributed by atoms with Crippen molar-refractivity contribution in [3.8, 4) is 0 Å². The first kappa shape index (κ1) is 13.9. The Labute approximate surface area is 113 Å². The summed E-state index contributed by atoms with van der Waals surface area (Å²) < 4.78 is 1.28. The van der Waals surface area contributed by atoms with Crippen LogP contribution in [0.25, 0.3) is 0 Å². The van der Waals surface area contributed by atoms with Crippen molar-refractivity contribution in [1.29, 1.82) is 0 Å². The van der Waals surface area contributed by atoms with Crippen LogP contribution in [0, 0.1) is 0 Å². The van der Waals surface area contributed by atoms with E-state index in [0.29, 0.717) is 6.54 Å². The Morgan fingerprint density at radius 1 is 1.47 bits per heavy atom. The molecular formula is C12H16N2O4S. The number of aromatic amines is 1. The zero-order valence-corrected chi connectivity index (χ0v) is 11.5. The van der Waals surface area contributed by atoms with Crippen LogP contribution in [0.3, 0.4) is 0 Å². The molecule has 1 fully saturated rings. The molecule has 0 spiro atoms. The summed E-state index contributed by atoms with van der Waals surface area (Å²) in [7, 11) is 0. The van der Waals surface area contributed by atoms with Gasteiger partial charge in [0.1, 0.15) is 5.56 Å². The monoisotopic (exact) mass is 284 g/mol. The number of aromatic carboxylic acids is 1. The van der Waals surface area contributed by atoms with Gasteiger partial charge in [-0.15, -0.1) is 0 Å². The van der Waals surface area contributed by atoms with E-state index in [1.807, 2.05) is 6.26 Å². The number of carbonyl (C=O) groups is 1. The van der Waals surface area contributed by atoms with Crippen molar-refractivity contribution in [1.82, 2.24) is 9.55 Å². The SMILES string of the molecule is CSC1(Cn2cc(C(=O)O)c(=O)[nH]c2=O)CCCC1. The predicted molar refractivity (Wildman–Crippen MR) is 73.0 cm³/mol. The Balaban J connectivity index is 2.40. The second-order valence-electron chi connectivity index (χ2n) is 4.83. The Morgan fingerprint density at radius 2 is 2.11 bits per heavy atom. The number of hydrogen-bond acceptors (Lipinski definition) is 4. The van der Waals surface area contributed by atoms with Gasteiger partial charge in [-0.25, -0.2) is 9.59 Å². The lowest BCUT2D eigenvalue weighted by molar-refractivity contribution is 0.0693. The van der Waals surface area contributed by atoms with Crippen molar-refractivity contribution in [3.63, 3.8) is 0 Å². The molecule has 1 saturated carbocycles. The van der Waals surface area contributed by atoms with Crippen LogP contribution < -0.4 is 11.2 Å². The van der Waals surface area contributed by atoms with Crippen molar-refractivity contribution in [2.24, 2.45) is 0 Å². The van der Waals surface area contributed by atoms with Gasteiger partial charge >= 0.3 is 11.7 Å². The Bertz CT molecular complexity index is 598. The zero-order chi connectivity index (χ0) is 14.0. The third-order valence-corrected chi connectivity index (χ3v) is 5.05. The van der Waals surface area contributed by atoms with Crippen LogP contribution in [-0.4, -0.2) is 31.6 Å². The summed E-state index contributed by atoms with van der Waals surface area (Å²) in [6, 6.07) is 0. The minimum atomic E-state index is -1.32. The van der Waals surface area contributed by atoms with Gasteiger partial charge in [0.05, 0.1) is 0 Å². The number of nitrogens with one attached hydrogen (secondary N) is 1. The van der Waals surface area contributed by atoms with E-state index >= 15 is 0 Å². The van der Waals surface area contributed by atoms with Gasteiger partial charge in [-0.3, -0.25) is 14.3 Å². The molecule has 104 valence electrons. The second kappa shape index (κ2) is 5.24. The molecule has 1 aromatic heterocycles. The molecule has 1 heterocycles. The molecule has 0 aromatic carbocycles. The van der Waals surface area contributed by atoms with Crippen LogP contribution in [0.1, 0.15) is 36.0 Å².